The lowest BCUT2D eigenvalue weighted by Crippen LogP contribution is -2.41. The molecular formula is C21H28FN3O7. The average Bonchev–Trinajstić information content (AvgIpc) is 2.69. The molecule has 0 saturated carbocycles. The van der Waals surface area contributed by atoms with Crippen LogP contribution in [0.1, 0.15) is 34.6 Å². The summed E-state index contributed by atoms with van der Waals surface area (Å²) < 4.78 is 40.2. The van der Waals surface area contributed by atoms with Crippen molar-refractivity contribution in [3.8, 4) is 11.9 Å². The highest BCUT2D eigenvalue weighted by atomic mass is 19.1. The van der Waals surface area contributed by atoms with Crippen molar-refractivity contribution in [3.63, 3.8) is 0 Å². The van der Waals surface area contributed by atoms with Gasteiger partial charge in [-0.2, -0.15) is 9.97 Å². The Morgan fingerprint density at radius 1 is 1.06 bits per heavy atom. The third-order valence-corrected chi connectivity index (χ3v) is 3.97. The summed E-state index contributed by atoms with van der Waals surface area (Å²) in [5.74, 6) is -1.20. The molecule has 0 fully saturated rings. The Morgan fingerprint density at radius 3 is 2.34 bits per heavy atom. The number of benzene rings is 1. The number of fused-ring (bicyclic) bond motifs is 1. The van der Waals surface area contributed by atoms with Crippen molar-refractivity contribution in [1.82, 2.24) is 9.97 Å². The van der Waals surface area contributed by atoms with E-state index in [0.29, 0.717) is 0 Å². The van der Waals surface area contributed by atoms with Gasteiger partial charge < -0.3 is 29.0 Å². The second-order valence-electron chi connectivity index (χ2n) is 8.27. The van der Waals surface area contributed by atoms with Crippen LogP contribution >= 0.6 is 0 Å². The van der Waals surface area contributed by atoms with Gasteiger partial charge in [-0.1, -0.05) is 0 Å². The Bertz CT molecular complexity index is 989. The second-order valence-corrected chi connectivity index (χ2v) is 8.27. The number of carbonyl (C=O) groups is 2. The lowest BCUT2D eigenvalue weighted by atomic mass is 10.0. The third-order valence-electron chi connectivity index (χ3n) is 3.97. The van der Waals surface area contributed by atoms with Gasteiger partial charge in [-0.25, -0.2) is 14.0 Å². The Hall–Kier alpha value is -3.37. The highest BCUT2D eigenvalue weighted by Crippen LogP contribution is 2.31. The summed E-state index contributed by atoms with van der Waals surface area (Å²) in [4.78, 5) is 31.7. The van der Waals surface area contributed by atoms with Crippen LogP contribution in [-0.4, -0.2) is 60.7 Å². The van der Waals surface area contributed by atoms with Crippen LogP contribution in [0.3, 0.4) is 0 Å². The Kier molecular flexibility index (Phi) is 7.65. The minimum atomic E-state index is -1.12. The molecule has 0 aliphatic carbocycles. The van der Waals surface area contributed by atoms with Crippen molar-refractivity contribution < 1.29 is 37.7 Å². The fraction of sp³-hybridized carbons (Fsp3) is 0.524. The van der Waals surface area contributed by atoms with E-state index in [2.05, 4.69) is 15.3 Å². The second kappa shape index (κ2) is 9.84. The summed E-state index contributed by atoms with van der Waals surface area (Å²) in [6, 6.07) is 2.62. The molecule has 11 heteroatoms. The van der Waals surface area contributed by atoms with Crippen molar-refractivity contribution >= 4 is 28.7 Å². The smallest absolute Gasteiger partial charge is 0.473 e. The maximum Gasteiger partial charge on any atom is 0.508 e. The largest absolute Gasteiger partial charge is 0.508 e. The van der Waals surface area contributed by atoms with E-state index in [1.54, 1.807) is 34.6 Å². The molecule has 176 valence electrons. The molecule has 2 aromatic rings. The molecule has 0 spiro atoms. The third kappa shape index (κ3) is 6.56. The zero-order chi connectivity index (χ0) is 24.1. The van der Waals surface area contributed by atoms with Gasteiger partial charge >= 0.3 is 18.1 Å². The van der Waals surface area contributed by atoms with Crippen LogP contribution in [0.25, 0.3) is 10.9 Å². The predicted octanol–water partition coefficient (Wildman–Crippen LogP) is 3.47. The molecule has 10 nitrogen and oxygen atoms in total. The summed E-state index contributed by atoms with van der Waals surface area (Å²) in [6.07, 6.45) is -0.839. The standard InChI is InChI=1S/C21H28FN3O7/c1-20(2,3)32-19(27)31-9-8-30-16-13-10-12(25-21(4,5)17(26)28-6)11-14(22)15(13)23-18(24-16)29-7/h10-11,25H,8-9H2,1-7H3. The molecule has 2 rings (SSSR count). The van der Waals surface area contributed by atoms with Gasteiger partial charge in [-0.05, 0) is 46.8 Å². The van der Waals surface area contributed by atoms with Crippen LogP contribution < -0.4 is 14.8 Å². The molecule has 0 amide bonds. The van der Waals surface area contributed by atoms with Gasteiger partial charge in [0.25, 0.3) is 0 Å². The number of carbonyl (C=O) groups excluding carboxylic acids is 2. The van der Waals surface area contributed by atoms with Gasteiger partial charge in [0.2, 0.25) is 5.88 Å². The van der Waals surface area contributed by atoms with Crippen molar-refractivity contribution in [2.75, 3.05) is 32.8 Å². The minimum absolute atomic E-state index is 0.0121. The quantitative estimate of drug-likeness (QED) is 0.470. The van der Waals surface area contributed by atoms with Gasteiger partial charge in [0.15, 0.2) is 5.82 Å². The number of nitrogens with one attached hydrogen (secondary N) is 1. The molecule has 1 N–H and O–H groups in total. The van der Waals surface area contributed by atoms with Crippen LogP contribution in [0.5, 0.6) is 11.9 Å². The summed E-state index contributed by atoms with van der Waals surface area (Å²) in [7, 11) is 2.60. The molecule has 1 aromatic carbocycles. The number of esters is 1. The van der Waals surface area contributed by atoms with E-state index in [-0.39, 0.29) is 41.7 Å². The van der Waals surface area contributed by atoms with Crippen molar-refractivity contribution in [2.45, 2.75) is 45.8 Å². The number of methoxy groups -OCH3 is 2. The normalized spacial score (nSPS) is 11.6. The molecule has 0 aliphatic heterocycles. The van der Waals surface area contributed by atoms with Crippen LogP contribution in [0.15, 0.2) is 12.1 Å². The highest BCUT2D eigenvalue weighted by molar-refractivity contribution is 5.89. The lowest BCUT2D eigenvalue weighted by Gasteiger charge is -2.24. The van der Waals surface area contributed by atoms with E-state index in [4.69, 9.17) is 23.7 Å². The zero-order valence-corrected chi connectivity index (χ0v) is 19.2. The summed E-state index contributed by atoms with van der Waals surface area (Å²) >= 11 is 0. The first-order chi connectivity index (χ1) is 14.9. The molecule has 0 saturated heterocycles. The number of aromatic nitrogens is 2. The molecule has 1 heterocycles. The predicted molar refractivity (Wildman–Crippen MR) is 113 cm³/mol. The number of hydrogen-bond acceptors (Lipinski definition) is 10. The highest BCUT2D eigenvalue weighted by Gasteiger charge is 2.29. The van der Waals surface area contributed by atoms with E-state index in [1.807, 2.05) is 0 Å². The van der Waals surface area contributed by atoms with E-state index in [0.717, 1.165) is 0 Å². The van der Waals surface area contributed by atoms with Gasteiger partial charge in [0.1, 0.15) is 29.9 Å². The number of halogens is 1. The first kappa shape index (κ1) is 24.9. The van der Waals surface area contributed by atoms with Gasteiger partial charge in [0, 0.05) is 5.69 Å². The number of anilines is 1. The van der Waals surface area contributed by atoms with Crippen LogP contribution in [-0.2, 0) is 19.0 Å². The molecule has 1 aromatic heterocycles. The Balaban J connectivity index is 2.26. The Labute approximate surface area is 185 Å². The van der Waals surface area contributed by atoms with Crippen molar-refractivity contribution in [3.05, 3.63) is 17.9 Å². The number of ether oxygens (including phenoxy) is 5. The fourth-order valence-corrected chi connectivity index (χ4v) is 2.63. The van der Waals surface area contributed by atoms with Crippen LogP contribution in [0.4, 0.5) is 14.9 Å². The number of rotatable bonds is 8. The molecule has 0 atom stereocenters. The number of hydrogen-bond donors (Lipinski definition) is 1. The molecule has 0 bridgehead atoms. The lowest BCUT2D eigenvalue weighted by molar-refractivity contribution is -0.144. The minimum Gasteiger partial charge on any atom is -0.473 e. The van der Waals surface area contributed by atoms with E-state index >= 15 is 0 Å². The topological polar surface area (TPSA) is 118 Å². The summed E-state index contributed by atoms with van der Waals surface area (Å²) in [5.41, 5.74) is -1.56. The maximum absolute atomic E-state index is 14.8. The average molecular weight is 453 g/mol. The zero-order valence-electron chi connectivity index (χ0n) is 19.2. The van der Waals surface area contributed by atoms with Crippen molar-refractivity contribution in [1.29, 1.82) is 0 Å². The molecule has 0 aliphatic rings. The summed E-state index contributed by atoms with van der Waals surface area (Å²) in [6.45, 7) is 8.12. The fourth-order valence-electron chi connectivity index (χ4n) is 2.63. The first-order valence-electron chi connectivity index (χ1n) is 9.76. The van der Waals surface area contributed by atoms with E-state index in [9.17, 15) is 14.0 Å². The van der Waals surface area contributed by atoms with Gasteiger partial charge in [-0.15, -0.1) is 0 Å². The number of nitrogens with zero attached hydrogens (tertiary/aromatic N) is 2. The molecule has 0 unspecified atom stereocenters. The SMILES string of the molecule is COC(=O)C(C)(C)Nc1cc(F)c2nc(OC)nc(OCCOC(=O)OC(C)(C)C)c2c1. The molecule has 0 radical (unpaired) electrons. The maximum atomic E-state index is 14.8. The van der Waals surface area contributed by atoms with Crippen LogP contribution in [0.2, 0.25) is 0 Å². The monoisotopic (exact) mass is 453 g/mol. The van der Waals surface area contributed by atoms with E-state index < -0.39 is 29.1 Å². The molecule has 32 heavy (non-hydrogen) atoms. The van der Waals surface area contributed by atoms with Gasteiger partial charge in [0.05, 0.1) is 19.6 Å². The van der Waals surface area contributed by atoms with E-state index in [1.165, 1.54) is 26.4 Å². The first-order valence-corrected chi connectivity index (χ1v) is 9.76. The Morgan fingerprint density at radius 2 is 1.75 bits per heavy atom. The van der Waals surface area contributed by atoms with Crippen molar-refractivity contribution in [2.24, 2.45) is 0 Å². The molecular weight excluding hydrogens is 425 g/mol. The van der Waals surface area contributed by atoms with Gasteiger partial charge in [-0.3, -0.25) is 0 Å². The van der Waals surface area contributed by atoms with Crippen LogP contribution in [0, 0.1) is 5.82 Å². The summed E-state index contributed by atoms with van der Waals surface area (Å²) in [5, 5.41) is 3.15.